The van der Waals surface area contributed by atoms with E-state index in [1.165, 1.54) is 5.69 Å². The molecule has 1 fully saturated rings. The third-order valence-corrected chi connectivity index (χ3v) is 5.54. The van der Waals surface area contributed by atoms with Crippen molar-refractivity contribution in [3.8, 4) is 0 Å². The highest BCUT2D eigenvalue weighted by atomic mass is 127. The molecule has 1 saturated heterocycles. The first-order valence-electron chi connectivity index (χ1n) is 10.8. The average molecular weight is 535 g/mol. The predicted octanol–water partition coefficient (Wildman–Crippen LogP) is 3.78. The van der Waals surface area contributed by atoms with Gasteiger partial charge in [0.25, 0.3) is 5.91 Å². The van der Waals surface area contributed by atoms with E-state index in [9.17, 15) is 4.79 Å². The zero-order chi connectivity index (χ0) is 21.3. The van der Waals surface area contributed by atoms with E-state index in [1.807, 2.05) is 37.3 Å². The summed E-state index contributed by atoms with van der Waals surface area (Å²) in [6.45, 7) is 6.73. The zero-order valence-electron chi connectivity index (χ0n) is 18.6. The molecule has 1 aliphatic rings. The summed E-state index contributed by atoms with van der Waals surface area (Å²) in [5, 5.41) is 9.90. The molecule has 0 aliphatic carbocycles. The van der Waals surface area contributed by atoms with Gasteiger partial charge in [0.15, 0.2) is 5.96 Å². The van der Waals surface area contributed by atoms with E-state index in [4.69, 9.17) is 0 Å². The van der Waals surface area contributed by atoms with Crippen LogP contribution in [0.5, 0.6) is 0 Å². The summed E-state index contributed by atoms with van der Waals surface area (Å²) in [5.41, 5.74) is 3.06. The molecule has 1 amide bonds. The van der Waals surface area contributed by atoms with E-state index < -0.39 is 0 Å². The van der Waals surface area contributed by atoms with E-state index in [2.05, 4.69) is 57.0 Å². The standard InChI is InChI=1S/C24H33N5O.HI/c1-4-18(2)27-23(30)20-12-10-19(11-13-20)16-26-24(25-3)28-21-14-15-29(17-21)22-8-6-5-7-9-22;/h5-13,18,21H,4,14-17H2,1-3H3,(H,27,30)(H2,25,26,28);1H. The van der Waals surface area contributed by atoms with Gasteiger partial charge < -0.3 is 20.9 Å². The monoisotopic (exact) mass is 535 g/mol. The molecule has 0 spiro atoms. The Balaban J connectivity index is 0.00000341. The lowest BCUT2D eigenvalue weighted by Crippen LogP contribution is -2.44. The number of aliphatic imine (C=N–C) groups is 1. The van der Waals surface area contributed by atoms with Crippen LogP contribution in [0.4, 0.5) is 5.69 Å². The summed E-state index contributed by atoms with van der Waals surface area (Å²) in [6, 6.07) is 18.8. The van der Waals surface area contributed by atoms with Crippen LogP contribution in [0.3, 0.4) is 0 Å². The SMILES string of the molecule is CCC(C)NC(=O)c1ccc(CNC(=NC)NC2CCN(c3ccccc3)C2)cc1.I. The number of halogens is 1. The number of anilines is 1. The molecule has 3 N–H and O–H groups in total. The Hall–Kier alpha value is -2.29. The maximum atomic E-state index is 12.2. The van der Waals surface area contributed by atoms with Crippen LogP contribution in [0.1, 0.15) is 42.6 Å². The summed E-state index contributed by atoms with van der Waals surface area (Å²) in [5.74, 6) is 0.777. The maximum Gasteiger partial charge on any atom is 0.251 e. The van der Waals surface area contributed by atoms with Crippen molar-refractivity contribution in [1.82, 2.24) is 16.0 Å². The van der Waals surface area contributed by atoms with Crippen molar-refractivity contribution >= 4 is 41.5 Å². The third kappa shape index (κ3) is 7.41. The first-order chi connectivity index (χ1) is 14.6. The lowest BCUT2D eigenvalue weighted by atomic mass is 10.1. The Morgan fingerprint density at radius 3 is 2.52 bits per heavy atom. The van der Waals surface area contributed by atoms with Gasteiger partial charge in [0.2, 0.25) is 0 Å². The zero-order valence-corrected chi connectivity index (χ0v) is 20.9. The topological polar surface area (TPSA) is 68.8 Å². The van der Waals surface area contributed by atoms with Gasteiger partial charge in [0.1, 0.15) is 0 Å². The van der Waals surface area contributed by atoms with Crippen LogP contribution in [-0.4, -0.2) is 44.1 Å². The second kappa shape index (κ2) is 12.5. The number of amides is 1. The smallest absolute Gasteiger partial charge is 0.251 e. The number of benzene rings is 2. The van der Waals surface area contributed by atoms with Crippen LogP contribution < -0.4 is 20.9 Å². The van der Waals surface area contributed by atoms with Crippen molar-refractivity contribution < 1.29 is 4.79 Å². The molecule has 2 aromatic carbocycles. The Bertz CT molecular complexity index is 841. The van der Waals surface area contributed by atoms with E-state index in [0.717, 1.165) is 37.5 Å². The van der Waals surface area contributed by atoms with Gasteiger partial charge >= 0.3 is 0 Å². The molecule has 1 heterocycles. The molecule has 6 nitrogen and oxygen atoms in total. The van der Waals surface area contributed by atoms with Crippen molar-refractivity contribution in [3.05, 3.63) is 65.7 Å². The first kappa shape index (κ1) is 25.0. The largest absolute Gasteiger partial charge is 0.369 e. The van der Waals surface area contributed by atoms with Crippen LogP contribution in [0.25, 0.3) is 0 Å². The molecule has 7 heteroatoms. The second-order valence-electron chi connectivity index (χ2n) is 7.82. The molecule has 168 valence electrons. The van der Waals surface area contributed by atoms with Gasteiger partial charge in [-0.25, -0.2) is 0 Å². The number of hydrogen-bond donors (Lipinski definition) is 3. The van der Waals surface area contributed by atoms with Gasteiger partial charge in [0.05, 0.1) is 0 Å². The van der Waals surface area contributed by atoms with E-state index in [0.29, 0.717) is 18.2 Å². The van der Waals surface area contributed by atoms with Gasteiger partial charge in [-0.1, -0.05) is 37.3 Å². The molecule has 2 aromatic rings. The highest BCUT2D eigenvalue weighted by Gasteiger charge is 2.23. The van der Waals surface area contributed by atoms with Crippen LogP contribution in [-0.2, 0) is 6.54 Å². The lowest BCUT2D eigenvalue weighted by Gasteiger charge is -2.20. The van der Waals surface area contributed by atoms with E-state index >= 15 is 0 Å². The molecule has 0 aromatic heterocycles. The van der Waals surface area contributed by atoms with Crippen LogP contribution in [0, 0.1) is 0 Å². The fraction of sp³-hybridized carbons (Fsp3) is 0.417. The number of rotatable bonds is 7. The van der Waals surface area contributed by atoms with Crippen molar-refractivity contribution in [2.45, 2.75) is 45.3 Å². The normalized spacial score (nSPS) is 16.9. The summed E-state index contributed by atoms with van der Waals surface area (Å²) in [4.78, 5) is 19.0. The minimum absolute atomic E-state index is 0. The van der Waals surface area contributed by atoms with Crippen molar-refractivity contribution in [3.63, 3.8) is 0 Å². The number of hydrogen-bond acceptors (Lipinski definition) is 3. The van der Waals surface area contributed by atoms with Crippen LogP contribution in [0.2, 0.25) is 0 Å². The average Bonchev–Trinajstić information content (AvgIpc) is 3.26. The van der Waals surface area contributed by atoms with Gasteiger partial charge in [-0.2, -0.15) is 0 Å². The van der Waals surface area contributed by atoms with Crippen molar-refractivity contribution in [1.29, 1.82) is 0 Å². The van der Waals surface area contributed by atoms with E-state index in [1.54, 1.807) is 7.05 Å². The van der Waals surface area contributed by atoms with Gasteiger partial charge in [-0.05, 0) is 49.6 Å². The first-order valence-corrected chi connectivity index (χ1v) is 10.8. The minimum Gasteiger partial charge on any atom is -0.369 e. The third-order valence-electron chi connectivity index (χ3n) is 5.54. The Labute approximate surface area is 202 Å². The van der Waals surface area contributed by atoms with Crippen LogP contribution in [0.15, 0.2) is 59.6 Å². The molecule has 1 aliphatic heterocycles. The summed E-state index contributed by atoms with van der Waals surface area (Å²) in [7, 11) is 1.79. The summed E-state index contributed by atoms with van der Waals surface area (Å²) >= 11 is 0. The Morgan fingerprint density at radius 2 is 1.87 bits per heavy atom. The van der Waals surface area contributed by atoms with Gasteiger partial charge in [-0.15, -0.1) is 24.0 Å². The molecule has 2 atom stereocenters. The van der Waals surface area contributed by atoms with E-state index in [-0.39, 0.29) is 35.9 Å². The quantitative estimate of drug-likeness (QED) is 0.287. The molecular weight excluding hydrogens is 501 g/mol. The highest BCUT2D eigenvalue weighted by molar-refractivity contribution is 14.0. The fourth-order valence-electron chi connectivity index (χ4n) is 3.51. The molecule has 0 radical (unpaired) electrons. The molecule has 0 saturated carbocycles. The Morgan fingerprint density at radius 1 is 1.16 bits per heavy atom. The van der Waals surface area contributed by atoms with Crippen LogP contribution >= 0.6 is 24.0 Å². The molecule has 3 rings (SSSR count). The van der Waals surface area contributed by atoms with Gasteiger partial charge in [0, 0.05) is 50.0 Å². The lowest BCUT2D eigenvalue weighted by molar-refractivity contribution is 0.0939. The number of carbonyl (C=O) groups is 1. The minimum atomic E-state index is -0.0226. The second-order valence-corrected chi connectivity index (χ2v) is 7.82. The van der Waals surface area contributed by atoms with Gasteiger partial charge in [-0.3, -0.25) is 9.79 Å². The number of para-hydroxylation sites is 1. The number of nitrogens with zero attached hydrogens (tertiary/aromatic N) is 2. The molecule has 0 bridgehead atoms. The molecular formula is C24H34IN5O. The van der Waals surface area contributed by atoms with Crippen molar-refractivity contribution in [2.24, 2.45) is 4.99 Å². The summed E-state index contributed by atoms with van der Waals surface area (Å²) in [6.07, 6.45) is 2.00. The molecule has 31 heavy (non-hydrogen) atoms. The number of guanidine groups is 1. The summed E-state index contributed by atoms with van der Waals surface area (Å²) < 4.78 is 0. The maximum absolute atomic E-state index is 12.2. The predicted molar refractivity (Wildman–Crippen MR) is 139 cm³/mol. The fourth-order valence-corrected chi connectivity index (χ4v) is 3.51. The Kier molecular flexibility index (Phi) is 10.1. The number of carbonyl (C=O) groups excluding carboxylic acids is 1. The number of nitrogens with one attached hydrogen (secondary N) is 3. The molecule has 2 unspecified atom stereocenters. The highest BCUT2D eigenvalue weighted by Crippen LogP contribution is 2.19. The van der Waals surface area contributed by atoms with Crippen molar-refractivity contribution in [2.75, 3.05) is 25.0 Å².